The van der Waals surface area contributed by atoms with E-state index < -0.39 is 6.04 Å². The fraction of sp³-hybridized carbons (Fsp3) is 0.462. The second-order valence-corrected chi connectivity index (χ2v) is 8.01. The molecule has 5 heteroatoms. The van der Waals surface area contributed by atoms with Crippen LogP contribution in [0.15, 0.2) is 54.6 Å². The predicted octanol–water partition coefficient (Wildman–Crippen LogP) is 4.88. The minimum atomic E-state index is -0.486. The molecule has 2 aromatic carbocycles. The van der Waals surface area contributed by atoms with Gasteiger partial charge in [0.25, 0.3) is 0 Å². The first kappa shape index (κ1) is 24.4. The molecule has 0 radical (unpaired) electrons. The molecule has 2 atom stereocenters. The predicted molar refractivity (Wildman–Crippen MR) is 125 cm³/mol. The largest absolute Gasteiger partial charge is 0.494 e. The lowest BCUT2D eigenvalue weighted by Gasteiger charge is -2.31. The van der Waals surface area contributed by atoms with Crippen LogP contribution < -0.4 is 10.1 Å². The maximum Gasteiger partial charge on any atom is 0.243 e. The number of hydrogen-bond acceptors (Lipinski definition) is 3. The van der Waals surface area contributed by atoms with Crippen LogP contribution >= 0.6 is 0 Å². The zero-order valence-corrected chi connectivity index (χ0v) is 19.3. The van der Waals surface area contributed by atoms with Gasteiger partial charge in [0.15, 0.2) is 0 Å². The molecule has 5 nitrogen and oxygen atoms in total. The molecule has 2 aromatic rings. The first-order valence-corrected chi connectivity index (χ1v) is 11.3. The van der Waals surface area contributed by atoms with Gasteiger partial charge in [-0.1, -0.05) is 61.9 Å². The highest BCUT2D eigenvalue weighted by atomic mass is 16.5. The van der Waals surface area contributed by atoms with Crippen LogP contribution in [0.1, 0.15) is 57.6 Å². The third kappa shape index (κ3) is 8.08. The molecule has 0 bridgehead atoms. The van der Waals surface area contributed by atoms with Gasteiger partial charge >= 0.3 is 0 Å². The average Bonchev–Trinajstić information content (AvgIpc) is 2.78. The van der Waals surface area contributed by atoms with Crippen LogP contribution in [0.4, 0.5) is 0 Å². The Kier molecular flexibility index (Phi) is 10.1. The first-order valence-electron chi connectivity index (χ1n) is 11.3. The molecule has 0 aliphatic heterocycles. The molecule has 0 spiro atoms. The Morgan fingerprint density at radius 3 is 2.29 bits per heavy atom. The van der Waals surface area contributed by atoms with Gasteiger partial charge in [-0.05, 0) is 50.8 Å². The summed E-state index contributed by atoms with van der Waals surface area (Å²) in [5, 5.41) is 3.04. The lowest BCUT2D eigenvalue weighted by molar-refractivity contribution is -0.141. The van der Waals surface area contributed by atoms with Crippen molar-refractivity contribution in [1.29, 1.82) is 0 Å². The monoisotopic (exact) mass is 424 g/mol. The molecule has 0 aromatic heterocycles. The summed E-state index contributed by atoms with van der Waals surface area (Å²) >= 11 is 0. The van der Waals surface area contributed by atoms with Crippen LogP contribution in [-0.4, -0.2) is 35.4 Å². The number of nitrogens with zero attached hydrogens (tertiary/aromatic N) is 1. The van der Waals surface area contributed by atoms with Crippen molar-refractivity contribution in [3.05, 3.63) is 65.7 Å². The van der Waals surface area contributed by atoms with Crippen LogP contribution in [0.2, 0.25) is 0 Å². The standard InChI is InChI=1S/C26H36N2O3/c1-5-21(4)27-26(30)24(6-2)28(19-22-11-8-7-9-12-22)25(29)13-10-18-31-23-16-14-20(3)15-17-23/h7-9,11-12,14-17,21,24H,5-6,10,13,18-19H2,1-4H3,(H,27,30). The normalized spacial score (nSPS) is 12.6. The molecule has 0 saturated carbocycles. The number of rotatable bonds is 12. The van der Waals surface area contributed by atoms with E-state index in [0.717, 1.165) is 17.7 Å². The van der Waals surface area contributed by atoms with E-state index in [4.69, 9.17) is 4.74 Å². The molecule has 2 amide bonds. The second kappa shape index (κ2) is 12.8. The highest BCUT2D eigenvalue weighted by Gasteiger charge is 2.28. The number of ether oxygens (including phenoxy) is 1. The number of amides is 2. The number of carbonyl (C=O) groups is 2. The Balaban J connectivity index is 2.02. The van der Waals surface area contributed by atoms with Gasteiger partial charge in [-0.2, -0.15) is 0 Å². The third-order valence-corrected chi connectivity index (χ3v) is 5.41. The quantitative estimate of drug-likeness (QED) is 0.494. The zero-order chi connectivity index (χ0) is 22.6. The minimum Gasteiger partial charge on any atom is -0.494 e. The lowest BCUT2D eigenvalue weighted by Crippen LogP contribution is -2.50. The summed E-state index contributed by atoms with van der Waals surface area (Å²) in [5.41, 5.74) is 2.20. The summed E-state index contributed by atoms with van der Waals surface area (Å²) < 4.78 is 5.76. The van der Waals surface area contributed by atoms with Crippen molar-refractivity contribution in [2.24, 2.45) is 0 Å². The van der Waals surface area contributed by atoms with Gasteiger partial charge in [0.05, 0.1) is 6.61 Å². The van der Waals surface area contributed by atoms with E-state index in [0.29, 0.717) is 32.4 Å². The first-order chi connectivity index (χ1) is 14.9. The van der Waals surface area contributed by atoms with E-state index in [1.165, 1.54) is 5.56 Å². The van der Waals surface area contributed by atoms with Gasteiger partial charge in [0, 0.05) is 19.0 Å². The summed E-state index contributed by atoms with van der Waals surface area (Å²) in [7, 11) is 0. The lowest BCUT2D eigenvalue weighted by atomic mass is 10.1. The third-order valence-electron chi connectivity index (χ3n) is 5.41. The minimum absolute atomic E-state index is 0.0255. The number of benzene rings is 2. The van der Waals surface area contributed by atoms with Gasteiger partial charge in [-0.25, -0.2) is 0 Å². The summed E-state index contributed by atoms with van der Waals surface area (Å²) in [4.78, 5) is 27.8. The maximum absolute atomic E-state index is 13.2. The van der Waals surface area contributed by atoms with E-state index in [-0.39, 0.29) is 17.9 Å². The van der Waals surface area contributed by atoms with Crippen LogP contribution in [0.25, 0.3) is 0 Å². The molecule has 0 aliphatic rings. The van der Waals surface area contributed by atoms with Crippen molar-refractivity contribution in [3.8, 4) is 5.75 Å². The summed E-state index contributed by atoms with van der Waals surface area (Å²) in [6.07, 6.45) is 2.36. The molecular formula is C26H36N2O3. The van der Waals surface area contributed by atoms with Crippen LogP contribution in [0.3, 0.4) is 0 Å². The molecule has 0 aliphatic carbocycles. The molecule has 0 saturated heterocycles. The maximum atomic E-state index is 13.2. The summed E-state index contributed by atoms with van der Waals surface area (Å²) in [6.45, 7) is 8.88. The Morgan fingerprint density at radius 2 is 1.68 bits per heavy atom. The van der Waals surface area contributed by atoms with Crippen molar-refractivity contribution in [1.82, 2.24) is 10.2 Å². The van der Waals surface area contributed by atoms with Gasteiger partial charge in [0.1, 0.15) is 11.8 Å². The molecule has 2 unspecified atom stereocenters. The van der Waals surface area contributed by atoms with E-state index in [9.17, 15) is 9.59 Å². The fourth-order valence-electron chi connectivity index (χ4n) is 3.33. The summed E-state index contributed by atoms with van der Waals surface area (Å²) in [5.74, 6) is 0.693. The van der Waals surface area contributed by atoms with E-state index in [1.54, 1.807) is 4.90 Å². The Hall–Kier alpha value is -2.82. The van der Waals surface area contributed by atoms with E-state index in [2.05, 4.69) is 5.32 Å². The Labute approximate surface area is 186 Å². The molecule has 1 N–H and O–H groups in total. The van der Waals surface area contributed by atoms with Crippen molar-refractivity contribution < 1.29 is 14.3 Å². The fourth-order valence-corrected chi connectivity index (χ4v) is 3.33. The van der Waals surface area contributed by atoms with Gasteiger partial charge in [0.2, 0.25) is 11.8 Å². The molecule has 0 heterocycles. The molecule has 2 rings (SSSR count). The molecular weight excluding hydrogens is 388 g/mol. The highest BCUT2D eigenvalue weighted by molar-refractivity contribution is 5.87. The topological polar surface area (TPSA) is 58.6 Å². The highest BCUT2D eigenvalue weighted by Crippen LogP contribution is 2.16. The van der Waals surface area contributed by atoms with E-state index in [1.807, 2.05) is 82.3 Å². The summed E-state index contributed by atoms with van der Waals surface area (Å²) in [6, 6.07) is 17.3. The van der Waals surface area contributed by atoms with Crippen LogP contribution in [-0.2, 0) is 16.1 Å². The molecule has 0 fully saturated rings. The molecule has 168 valence electrons. The number of carbonyl (C=O) groups excluding carboxylic acids is 2. The number of aryl methyl sites for hydroxylation is 1. The average molecular weight is 425 g/mol. The Morgan fingerprint density at radius 1 is 1.00 bits per heavy atom. The molecule has 31 heavy (non-hydrogen) atoms. The smallest absolute Gasteiger partial charge is 0.243 e. The van der Waals surface area contributed by atoms with Crippen LogP contribution in [0, 0.1) is 6.92 Å². The zero-order valence-electron chi connectivity index (χ0n) is 19.3. The van der Waals surface area contributed by atoms with Crippen molar-refractivity contribution >= 4 is 11.8 Å². The van der Waals surface area contributed by atoms with Crippen molar-refractivity contribution in [3.63, 3.8) is 0 Å². The Bertz CT molecular complexity index is 805. The second-order valence-electron chi connectivity index (χ2n) is 8.01. The van der Waals surface area contributed by atoms with Crippen LogP contribution in [0.5, 0.6) is 5.75 Å². The number of nitrogens with one attached hydrogen (secondary N) is 1. The number of hydrogen-bond donors (Lipinski definition) is 1. The van der Waals surface area contributed by atoms with Gasteiger partial charge in [-0.15, -0.1) is 0 Å². The van der Waals surface area contributed by atoms with Crippen molar-refractivity contribution in [2.45, 2.75) is 72.0 Å². The van der Waals surface area contributed by atoms with Crippen molar-refractivity contribution in [2.75, 3.05) is 6.61 Å². The van der Waals surface area contributed by atoms with Gasteiger partial charge < -0.3 is 15.0 Å². The SMILES string of the molecule is CCC(C)NC(=O)C(CC)N(Cc1ccccc1)C(=O)CCCOc1ccc(C)cc1. The van der Waals surface area contributed by atoms with E-state index >= 15 is 0 Å². The van der Waals surface area contributed by atoms with Gasteiger partial charge in [-0.3, -0.25) is 9.59 Å².